The quantitative estimate of drug-likeness (QED) is 0.397. The number of nitrogens with one attached hydrogen (secondary N) is 4. The molecule has 10 heteroatoms. The summed E-state index contributed by atoms with van der Waals surface area (Å²) in [6, 6.07) is 5.56. The van der Waals surface area contributed by atoms with Gasteiger partial charge in [0.25, 0.3) is 5.91 Å². The fourth-order valence-electron chi connectivity index (χ4n) is 1.80. The molecule has 0 aliphatic carbocycles. The Labute approximate surface area is 147 Å². The van der Waals surface area contributed by atoms with E-state index in [1.54, 1.807) is 14.0 Å². The number of amides is 1. The zero-order valence-electron chi connectivity index (χ0n) is 13.8. The third kappa shape index (κ3) is 6.40. The molecule has 0 aromatic heterocycles. The molecule has 4 N–H and O–H groups in total. The van der Waals surface area contributed by atoms with Gasteiger partial charge in [-0.15, -0.1) is 0 Å². The summed E-state index contributed by atoms with van der Waals surface area (Å²) in [6.45, 7) is 4.33. The average Bonchev–Trinajstić information content (AvgIpc) is 2.53. The van der Waals surface area contributed by atoms with Crippen molar-refractivity contribution >= 4 is 33.3 Å². The fraction of sp³-hybridized carbons (Fsp3) is 0.429. The maximum Gasteiger partial charge on any atom is 0.269 e. The second-order valence-corrected chi connectivity index (χ2v) is 7.11. The highest BCUT2D eigenvalue weighted by atomic mass is 32.2. The van der Waals surface area contributed by atoms with Gasteiger partial charge in [-0.25, -0.2) is 13.1 Å². The lowest BCUT2D eigenvalue weighted by Gasteiger charge is -2.16. The van der Waals surface area contributed by atoms with Crippen molar-refractivity contribution < 1.29 is 17.9 Å². The third-order valence-corrected chi connectivity index (χ3v) is 4.63. The lowest BCUT2D eigenvalue weighted by Crippen LogP contribution is -2.49. The van der Waals surface area contributed by atoms with Crippen molar-refractivity contribution in [2.24, 2.45) is 0 Å². The van der Waals surface area contributed by atoms with Crippen molar-refractivity contribution in [1.29, 1.82) is 0 Å². The Morgan fingerprint density at radius 2 is 1.88 bits per heavy atom. The SMILES string of the molecule is CCNS(=O)(=O)c1ccc(C(=O)NNC(=S)N[C@@H](C)COC)cc1. The van der Waals surface area contributed by atoms with Gasteiger partial charge in [-0.1, -0.05) is 6.92 Å². The van der Waals surface area contributed by atoms with Gasteiger partial charge in [0.2, 0.25) is 10.0 Å². The first kappa shape index (κ1) is 20.3. The molecular formula is C14H22N4O4S2. The van der Waals surface area contributed by atoms with Crippen LogP contribution in [-0.2, 0) is 14.8 Å². The molecule has 0 aliphatic rings. The maximum atomic E-state index is 12.0. The van der Waals surface area contributed by atoms with Crippen LogP contribution >= 0.6 is 12.2 Å². The second-order valence-electron chi connectivity index (χ2n) is 4.93. The van der Waals surface area contributed by atoms with Gasteiger partial charge in [0.05, 0.1) is 11.5 Å². The molecule has 1 rings (SSSR count). The van der Waals surface area contributed by atoms with Gasteiger partial charge in [-0.05, 0) is 43.4 Å². The Morgan fingerprint density at radius 1 is 1.25 bits per heavy atom. The Bertz CT molecular complexity index is 662. The van der Waals surface area contributed by atoms with Crippen LogP contribution in [0.1, 0.15) is 24.2 Å². The zero-order chi connectivity index (χ0) is 18.2. The van der Waals surface area contributed by atoms with Crippen LogP contribution in [0.2, 0.25) is 0 Å². The molecule has 0 heterocycles. The van der Waals surface area contributed by atoms with E-state index >= 15 is 0 Å². The number of hydrazine groups is 1. The summed E-state index contributed by atoms with van der Waals surface area (Å²) < 4.78 is 31.0. The first-order valence-corrected chi connectivity index (χ1v) is 9.14. The number of sulfonamides is 1. The maximum absolute atomic E-state index is 12.0. The van der Waals surface area contributed by atoms with Crippen molar-refractivity contribution in [3.63, 3.8) is 0 Å². The minimum atomic E-state index is -3.54. The molecule has 0 aliphatic heterocycles. The Kier molecular flexibility index (Phi) is 8.05. The molecule has 0 unspecified atom stereocenters. The first-order chi connectivity index (χ1) is 11.3. The number of carbonyl (C=O) groups is 1. The lowest BCUT2D eigenvalue weighted by atomic mass is 10.2. The summed E-state index contributed by atoms with van der Waals surface area (Å²) in [5.74, 6) is -0.439. The van der Waals surface area contributed by atoms with Crippen molar-refractivity contribution in [1.82, 2.24) is 20.9 Å². The number of methoxy groups -OCH3 is 1. The van der Waals surface area contributed by atoms with Gasteiger partial charge in [0.15, 0.2) is 5.11 Å². The van der Waals surface area contributed by atoms with E-state index in [1.165, 1.54) is 24.3 Å². The molecule has 1 aromatic rings. The lowest BCUT2D eigenvalue weighted by molar-refractivity contribution is 0.0943. The number of hydrogen-bond acceptors (Lipinski definition) is 5. The molecule has 0 spiro atoms. The van der Waals surface area contributed by atoms with E-state index in [4.69, 9.17) is 17.0 Å². The number of hydrogen-bond donors (Lipinski definition) is 4. The molecule has 0 saturated heterocycles. The summed E-state index contributed by atoms with van der Waals surface area (Å²) in [4.78, 5) is 12.1. The van der Waals surface area contributed by atoms with Crippen LogP contribution in [0.25, 0.3) is 0 Å². The van der Waals surface area contributed by atoms with Crippen LogP contribution in [-0.4, -0.2) is 45.7 Å². The van der Waals surface area contributed by atoms with E-state index in [9.17, 15) is 13.2 Å². The summed E-state index contributed by atoms with van der Waals surface area (Å²) in [5, 5.41) is 3.17. The molecule has 0 saturated carbocycles. The standard InChI is InChI=1S/C14H22N4O4S2/c1-4-15-24(20,21)12-7-5-11(6-8-12)13(19)17-18-14(23)16-10(2)9-22-3/h5-8,10,15H,4,9H2,1-3H3,(H,17,19)(H2,16,18,23)/t10-/m0/s1. The molecule has 0 radical (unpaired) electrons. The number of benzene rings is 1. The molecule has 134 valence electrons. The molecule has 8 nitrogen and oxygen atoms in total. The van der Waals surface area contributed by atoms with E-state index < -0.39 is 15.9 Å². The zero-order valence-corrected chi connectivity index (χ0v) is 15.4. The average molecular weight is 374 g/mol. The number of rotatable bonds is 7. The van der Waals surface area contributed by atoms with E-state index in [1.807, 2.05) is 6.92 Å². The minimum absolute atomic E-state index is 0.0116. The highest BCUT2D eigenvalue weighted by Gasteiger charge is 2.13. The predicted molar refractivity (Wildman–Crippen MR) is 95.0 cm³/mol. The molecule has 24 heavy (non-hydrogen) atoms. The molecule has 1 amide bonds. The first-order valence-electron chi connectivity index (χ1n) is 7.25. The largest absolute Gasteiger partial charge is 0.383 e. The highest BCUT2D eigenvalue weighted by Crippen LogP contribution is 2.10. The minimum Gasteiger partial charge on any atom is -0.383 e. The van der Waals surface area contributed by atoms with Crippen LogP contribution in [0.4, 0.5) is 0 Å². The van der Waals surface area contributed by atoms with Crippen molar-refractivity contribution in [3.05, 3.63) is 29.8 Å². The summed E-state index contributed by atoms with van der Waals surface area (Å²) in [7, 11) is -1.96. The van der Waals surface area contributed by atoms with Crippen LogP contribution in [0, 0.1) is 0 Å². The molecule has 1 aromatic carbocycles. The summed E-state index contributed by atoms with van der Waals surface area (Å²) in [5.41, 5.74) is 5.30. The predicted octanol–water partition coefficient (Wildman–Crippen LogP) is 0.129. The van der Waals surface area contributed by atoms with E-state index in [-0.39, 0.29) is 16.0 Å². The number of ether oxygens (including phenoxy) is 1. The smallest absolute Gasteiger partial charge is 0.269 e. The summed E-state index contributed by atoms with van der Waals surface area (Å²) >= 11 is 5.03. The van der Waals surface area contributed by atoms with E-state index in [0.29, 0.717) is 18.7 Å². The molecule has 1 atom stereocenters. The van der Waals surface area contributed by atoms with Crippen molar-refractivity contribution in [3.8, 4) is 0 Å². The number of carbonyl (C=O) groups excluding carboxylic acids is 1. The monoisotopic (exact) mass is 374 g/mol. The van der Waals surface area contributed by atoms with Crippen LogP contribution in [0.5, 0.6) is 0 Å². The third-order valence-electron chi connectivity index (χ3n) is 2.84. The van der Waals surface area contributed by atoms with Crippen molar-refractivity contribution in [2.45, 2.75) is 24.8 Å². The number of thiocarbonyl (C=S) groups is 1. The fourth-order valence-corrected chi connectivity index (χ4v) is 3.09. The summed E-state index contributed by atoms with van der Waals surface area (Å²) in [6.07, 6.45) is 0. The van der Waals surface area contributed by atoms with Gasteiger partial charge in [-0.3, -0.25) is 15.6 Å². The molecule has 0 bridgehead atoms. The van der Waals surface area contributed by atoms with Crippen LogP contribution in [0.3, 0.4) is 0 Å². The van der Waals surface area contributed by atoms with Crippen LogP contribution in [0.15, 0.2) is 29.2 Å². The topological polar surface area (TPSA) is 109 Å². The van der Waals surface area contributed by atoms with Crippen LogP contribution < -0.4 is 20.9 Å². The Hall–Kier alpha value is -1.75. The molecule has 0 fully saturated rings. The van der Waals surface area contributed by atoms with Gasteiger partial charge in [0, 0.05) is 25.3 Å². The normalized spacial score (nSPS) is 12.3. The molecular weight excluding hydrogens is 352 g/mol. The van der Waals surface area contributed by atoms with Gasteiger partial charge >= 0.3 is 0 Å². The highest BCUT2D eigenvalue weighted by molar-refractivity contribution is 7.89. The Morgan fingerprint density at radius 3 is 2.42 bits per heavy atom. The second kappa shape index (κ2) is 9.52. The van der Waals surface area contributed by atoms with Gasteiger partial charge < -0.3 is 10.1 Å². The van der Waals surface area contributed by atoms with Gasteiger partial charge in [0.1, 0.15) is 0 Å². The van der Waals surface area contributed by atoms with Crippen molar-refractivity contribution in [2.75, 3.05) is 20.3 Å². The van der Waals surface area contributed by atoms with Gasteiger partial charge in [-0.2, -0.15) is 0 Å². The van der Waals surface area contributed by atoms with E-state index in [2.05, 4.69) is 20.9 Å². The Balaban J connectivity index is 2.59. The van der Waals surface area contributed by atoms with E-state index in [0.717, 1.165) is 0 Å².